The summed E-state index contributed by atoms with van der Waals surface area (Å²) in [7, 11) is 0. The zero-order valence-corrected chi connectivity index (χ0v) is 9.62. The van der Waals surface area contributed by atoms with Crippen LogP contribution in [0.2, 0.25) is 0 Å². The largest absolute Gasteiger partial charge is 0.356 e. The SMILES string of the molecule is CC(=O)NCCc1ccc([N+](=O)[O-])cc1.Cl. The highest BCUT2D eigenvalue weighted by molar-refractivity contribution is 5.85. The van der Waals surface area contributed by atoms with E-state index in [4.69, 9.17) is 0 Å². The quantitative estimate of drug-likeness (QED) is 0.647. The van der Waals surface area contributed by atoms with Crippen molar-refractivity contribution in [1.29, 1.82) is 0 Å². The predicted octanol–water partition coefficient (Wildman–Crippen LogP) is 1.70. The van der Waals surface area contributed by atoms with Gasteiger partial charge in [-0.05, 0) is 12.0 Å². The number of rotatable bonds is 4. The van der Waals surface area contributed by atoms with E-state index >= 15 is 0 Å². The number of nitro groups is 1. The monoisotopic (exact) mass is 244 g/mol. The van der Waals surface area contributed by atoms with E-state index < -0.39 is 4.92 Å². The maximum Gasteiger partial charge on any atom is 0.269 e. The smallest absolute Gasteiger partial charge is 0.269 e. The molecule has 0 spiro atoms. The molecule has 1 aromatic carbocycles. The van der Waals surface area contributed by atoms with Gasteiger partial charge in [0.05, 0.1) is 4.92 Å². The van der Waals surface area contributed by atoms with E-state index in [0.717, 1.165) is 5.56 Å². The van der Waals surface area contributed by atoms with E-state index in [1.165, 1.54) is 19.1 Å². The summed E-state index contributed by atoms with van der Waals surface area (Å²) in [6.07, 6.45) is 0.678. The number of carbonyl (C=O) groups excluding carboxylic acids is 1. The molecule has 0 bridgehead atoms. The van der Waals surface area contributed by atoms with Gasteiger partial charge in [-0.25, -0.2) is 0 Å². The van der Waals surface area contributed by atoms with E-state index in [9.17, 15) is 14.9 Å². The van der Waals surface area contributed by atoms with Crippen molar-refractivity contribution in [1.82, 2.24) is 5.32 Å². The summed E-state index contributed by atoms with van der Waals surface area (Å²) in [5.41, 5.74) is 1.05. The zero-order chi connectivity index (χ0) is 11.3. The molecule has 88 valence electrons. The van der Waals surface area contributed by atoms with Crippen molar-refractivity contribution in [3.05, 3.63) is 39.9 Å². The van der Waals surface area contributed by atoms with Crippen molar-refractivity contribution in [3.8, 4) is 0 Å². The Kier molecular flexibility index (Phi) is 6.10. The van der Waals surface area contributed by atoms with Gasteiger partial charge >= 0.3 is 0 Å². The number of nitrogens with one attached hydrogen (secondary N) is 1. The Balaban J connectivity index is 0.00000225. The van der Waals surface area contributed by atoms with Crippen LogP contribution in [0.15, 0.2) is 24.3 Å². The first kappa shape index (κ1) is 14.4. The number of non-ortho nitro benzene ring substituents is 1. The molecule has 1 rings (SSSR count). The fourth-order valence-electron chi connectivity index (χ4n) is 1.17. The van der Waals surface area contributed by atoms with Crippen LogP contribution in [-0.2, 0) is 11.2 Å². The first-order valence-electron chi connectivity index (χ1n) is 4.57. The zero-order valence-electron chi connectivity index (χ0n) is 8.80. The van der Waals surface area contributed by atoms with Crippen LogP contribution in [0.3, 0.4) is 0 Å². The molecular formula is C10H13ClN2O3. The van der Waals surface area contributed by atoms with Crippen molar-refractivity contribution in [2.75, 3.05) is 6.54 Å². The number of benzene rings is 1. The average Bonchev–Trinajstić information content (AvgIpc) is 2.18. The minimum Gasteiger partial charge on any atom is -0.356 e. The molecule has 16 heavy (non-hydrogen) atoms. The number of carbonyl (C=O) groups is 1. The van der Waals surface area contributed by atoms with Gasteiger partial charge in [0, 0.05) is 25.6 Å². The third-order valence-corrected chi connectivity index (χ3v) is 1.93. The molecule has 0 aliphatic heterocycles. The van der Waals surface area contributed by atoms with Gasteiger partial charge in [0.2, 0.25) is 5.91 Å². The lowest BCUT2D eigenvalue weighted by Crippen LogP contribution is -2.22. The minimum atomic E-state index is -0.433. The molecule has 0 aliphatic rings. The number of nitrogens with zero attached hydrogens (tertiary/aromatic N) is 1. The molecule has 0 atom stereocenters. The highest BCUT2D eigenvalue weighted by Gasteiger charge is 2.03. The Morgan fingerprint density at radius 2 is 1.94 bits per heavy atom. The first-order valence-corrected chi connectivity index (χ1v) is 4.57. The lowest BCUT2D eigenvalue weighted by molar-refractivity contribution is -0.384. The fraction of sp³-hybridized carbons (Fsp3) is 0.300. The van der Waals surface area contributed by atoms with Crippen molar-refractivity contribution in [2.45, 2.75) is 13.3 Å². The van der Waals surface area contributed by atoms with Gasteiger partial charge in [-0.3, -0.25) is 14.9 Å². The van der Waals surface area contributed by atoms with Gasteiger partial charge in [-0.15, -0.1) is 12.4 Å². The molecule has 6 heteroatoms. The van der Waals surface area contributed by atoms with Gasteiger partial charge in [0.15, 0.2) is 0 Å². The van der Waals surface area contributed by atoms with E-state index in [-0.39, 0.29) is 24.0 Å². The third kappa shape index (κ3) is 4.75. The molecule has 0 aromatic heterocycles. The molecule has 0 radical (unpaired) electrons. The summed E-state index contributed by atoms with van der Waals surface area (Å²) in [5, 5.41) is 13.0. The molecular weight excluding hydrogens is 232 g/mol. The fourth-order valence-corrected chi connectivity index (χ4v) is 1.17. The van der Waals surface area contributed by atoms with Crippen LogP contribution in [0, 0.1) is 10.1 Å². The van der Waals surface area contributed by atoms with Gasteiger partial charge < -0.3 is 5.32 Å². The van der Waals surface area contributed by atoms with Crippen LogP contribution in [0.25, 0.3) is 0 Å². The molecule has 1 amide bonds. The Bertz CT molecular complexity index is 365. The van der Waals surface area contributed by atoms with Gasteiger partial charge in [-0.1, -0.05) is 12.1 Å². The standard InChI is InChI=1S/C10H12N2O3.ClH/c1-8(13)11-7-6-9-2-4-10(5-3-9)12(14)15;/h2-5H,6-7H2,1H3,(H,11,13);1H. The normalized spacial score (nSPS) is 9.06. The number of nitro benzene ring substituents is 1. The second-order valence-electron chi connectivity index (χ2n) is 3.16. The Labute approximate surface area is 99.4 Å². The molecule has 5 nitrogen and oxygen atoms in total. The molecule has 1 aromatic rings. The number of hydrogen-bond acceptors (Lipinski definition) is 3. The molecule has 0 aliphatic carbocycles. The third-order valence-electron chi connectivity index (χ3n) is 1.93. The van der Waals surface area contributed by atoms with Crippen LogP contribution in [0.4, 0.5) is 5.69 Å². The maximum absolute atomic E-state index is 10.6. The second kappa shape index (κ2) is 6.79. The van der Waals surface area contributed by atoms with Crippen LogP contribution in [-0.4, -0.2) is 17.4 Å². The summed E-state index contributed by atoms with van der Waals surface area (Å²) in [4.78, 5) is 20.5. The summed E-state index contributed by atoms with van der Waals surface area (Å²) in [5.74, 6) is -0.0723. The average molecular weight is 245 g/mol. The highest BCUT2D eigenvalue weighted by Crippen LogP contribution is 2.11. The van der Waals surface area contributed by atoms with Crippen LogP contribution < -0.4 is 5.32 Å². The summed E-state index contributed by atoms with van der Waals surface area (Å²) in [6, 6.07) is 6.31. The van der Waals surface area contributed by atoms with Crippen molar-refractivity contribution < 1.29 is 9.72 Å². The topological polar surface area (TPSA) is 72.2 Å². The van der Waals surface area contributed by atoms with E-state index in [1.54, 1.807) is 12.1 Å². The molecule has 0 saturated heterocycles. The molecule has 0 fully saturated rings. The first-order chi connectivity index (χ1) is 7.09. The van der Waals surface area contributed by atoms with E-state index in [2.05, 4.69) is 5.32 Å². The number of amides is 1. The van der Waals surface area contributed by atoms with E-state index in [1.807, 2.05) is 0 Å². The van der Waals surface area contributed by atoms with Crippen LogP contribution >= 0.6 is 12.4 Å². The molecule has 0 heterocycles. The number of hydrogen-bond donors (Lipinski definition) is 1. The molecule has 0 unspecified atom stereocenters. The molecule has 0 saturated carbocycles. The Morgan fingerprint density at radius 1 is 1.38 bits per heavy atom. The van der Waals surface area contributed by atoms with Gasteiger partial charge in [0.1, 0.15) is 0 Å². The Hall–Kier alpha value is -1.62. The number of halogens is 1. The lowest BCUT2D eigenvalue weighted by Gasteiger charge is -2.01. The summed E-state index contributed by atoms with van der Waals surface area (Å²) >= 11 is 0. The predicted molar refractivity (Wildman–Crippen MR) is 62.7 cm³/mol. The Morgan fingerprint density at radius 3 is 2.38 bits per heavy atom. The van der Waals surface area contributed by atoms with Crippen molar-refractivity contribution in [2.24, 2.45) is 0 Å². The molecule has 1 N–H and O–H groups in total. The summed E-state index contributed by atoms with van der Waals surface area (Å²) < 4.78 is 0. The van der Waals surface area contributed by atoms with Crippen molar-refractivity contribution >= 4 is 24.0 Å². The second-order valence-corrected chi connectivity index (χ2v) is 3.16. The summed E-state index contributed by atoms with van der Waals surface area (Å²) in [6.45, 7) is 2.00. The van der Waals surface area contributed by atoms with Crippen molar-refractivity contribution in [3.63, 3.8) is 0 Å². The van der Waals surface area contributed by atoms with Crippen LogP contribution in [0.5, 0.6) is 0 Å². The van der Waals surface area contributed by atoms with Gasteiger partial charge in [-0.2, -0.15) is 0 Å². The maximum atomic E-state index is 10.6. The van der Waals surface area contributed by atoms with Crippen LogP contribution in [0.1, 0.15) is 12.5 Å². The lowest BCUT2D eigenvalue weighted by atomic mass is 10.1. The van der Waals surface area contributed by atoms with Gasteiger partial charge in [0.25, 0.3) is 5.69 Å². The van der Waals surface area contributed by atoms with E-state index in [0.29, 0.717) is 13.0 Å². The highest BCUT2D eigenvalue weighted by atomic mass is 35.5. The minimum absolute atomic E-state index is 0.